The van der Waals surface area contributed by atoms with Gasteiger partial charge in [0.2, 0.25) is 0 Å². The number of phenolic OH excluding ortho intramolecular Hbond substituents is 1. The van der Waals surface area contributed by atoms with E-state index in [4.69, 9.17) is 0 Å². The van der Waals surface area contributed by atoms with E-state index < -0.39 is 0 Å². The molecule has 0 bridgehead atoms. The molecule has 2 aromatic carbocycles. The van der Waals surface area contributed by atoms with Gasteiger partial charge in [0.15, 0.2) is 0 Å². The summed E-state index contributed by atoms with van der Waals surface area (Å²) < 4.78 is 0. The summed E-state index contributed by atoms with van der Waals surface area (Å²) in [7, 11) is 0. The zero-order valence-electron chi connectivity index (χ0n) is 11.6. The summed E-state index contributed by atoms with van der Waals surface area (Å²) >= 11 is 4.64. The summed E-state index contributed by atoms with van der Waals surface area (Å²) in [4.78, 5) is 0. The highest BCUT2D eigenvalue weighted by Gasteiger charge is 2.16. The third-order valence-electron chi connectivity index (χ3n) is 3.61. The molecule has 0 saturated heterocycles. The monoisotopic (exact) mass is 277 g/mol. The Morgan fingerprint density at radius 2 is 1.89 bits per heavy atom. The molecule has 1 aliphatic rings. The SMILES string of the molecule is CC(C)c1ccc2c(O)cc3c(c2c1)CCN3.CCl. The first kappa shape index (κ1) is 14.0. The molecule has 1 aliphatic heterocycles. The van der Waals surface area contributed by atoms with Gasteiger partial charge >= 0.3 is 0 Å². The van der Waals surface area contributed by atoms with Crippen LogP contribution >= 0.6 is 11.6 Å². The average molecular weight is 278 g/mol. The first-order chi connectivity index (χ1) is 9.16. The van der Waals surface area contributed by atoms with Crippen molar-refractivity contribution in [3.8, 4) is 5.75 Å². The summed E-state index contributed by atoms with van der Waals surface area (Å²) in [5, 5.41) is 15.5. The quantitative estimate of drug-likeness (QED) is 0.753. The fraction of sp³-hybridized carbons (Fsp3) is 0.375. The third-order valence-corrected chi connectivity index (χ3v) is 3.61. The molecule has 2 aromatic rings. The molecule has 0 aliphatic carbocycles. The van der Waals surface area contributed by atoms with E-state index in [0.717, 1.165) is 24.0 Å². The van der Waals surface area contributed by atoms with Gasteiger partial charge in [-0.25, -0.2) is 0 Å². The van der Waals surface area contributed by atoms with Crippen molar-refractivity contribution in [2.75, 3.05) is 18.2 Å². The van der Waals surface area contributed by atoms with Crippen LogP contribution in [0, 0.1) is 0 Å². The predicted molar refractivity (Wildman–Crippen MR) is 83.7 cm³/mol. The van der Waals surface area contributed by atoms with E-state index >= 15 is 0 Å². The molecule has 0 atom stereocenters. The molecular weight excluding hydrogens is 258 g/mol. The van der Waals surface area contributed by atoms with Gasteiger partial charge < -0.3 is 10.4 Å². The number of benzene rings is 2. The number of hydrogen-bond acceptors (Lipinski definition) is 2. The highest BCUT2D eigenvalue weighted by Crippen LogP contribution is 2.37. The van der Waals surface area contributed by atoms with Gasteiger partial charge in [0, 0.05) is 30.1 Å². The Hall–Kier alpha value is -1.41. The maximum atomic E-state index is 10.0. The Kier molecular flexibility index (Phi) is 4.20. The fourth-order valence-corrected chi connectivity index (χ4v) is 2.59. The number of rotatable bonds is 1. The summed E-state index contributed by atoms with van der Waals surface area (Å²) in [5.41, 5.74) is 3.77. The van der Waals surface area contributed by atoms with Crippen LogP contribution in [0.2, 0.25) is 0 Å². The van der Waals surface area contributed by atoms with Crippen molar-refractivity contribution < 1.29 is 5.11 Å². The number of hydrogen-bond donors (Lipinski definition) is 2. The number of halogens is 1. The third kappa shape index (κ3) is 2.50. The van der Waals surface area contributed by atoms with Gasteiger partial charge in [0.25, 0.3) is 0 Å². The molecule has 0 aromatic heterocycles. The molecule has 0 fully saturated rings. The summed E-state index contributed by atoms with van der Waals surface area (Å²) in [5.74, 6) is 0.898. The fourth-order valence-electron chi connectivity index (χ4n) is 2.59. The largest absolute Gasteiger partial charge is 0.507 e. The standard InChI is InChI=1S/C15H17NO.CH3Cl/c1-9(2)10-3-4-12-13(7-10)11-5-6-16-14(11)8-15(12)17;1-2/h3-4,7-9,16-17H,5-6H2,1-2H3;1H3. The number of alkyl halides is 1. The lowest BCUT2D eigenvalue weighted by molar-refractivity contribution is 0.482. The Morgan fingerprint density at radius 3 is 2.58 bits per heavy atom. The Labute approximate surface area is 119 Å². The van der Waals surface area contributed by atoms with E-state index in [1.54, 1.807) is 0 Å². The first-order valence-corrected chi connectivity index (χ1v) is 7.32. The van der Waals surface area contributed by atoms with Crippen LogP contribution in [0.3, 0.4) is 0 Å². The second kappa shape index (κ2) is 5.70. The minimum absolute atomic E-state index is 0.378. The number of anilines is 1. The second-order valence-corrected chi connectivity index (χ2v) is 5.06. The molecule has 2 N–H and O–H groups in total. The van der Waals surface area contributed by atoms with Gasteiger partial charge in [0.1, 0.15) is 5.75 Å². The molecule has 1 heterocycles. The van der Waals surface area contributed by atoms with E-state index in [1.807, 2.05) is 12.1 Å². The molecule has 19 heavy (non-hydrogen) atoms. The minimum atomic E-state index is 0.378. The summed E-state index contributed by atoms with van der Waals surface area (Å²) in [6.45, 7) is 5.37. The zero-order chi connectivity index (χ0) is 14.0. The number of fused-ring (bicyclic) bond motifs is 3. The summed E-state index contributed by atoms with van der Waals surface area (Å²) in [6.07, 6.45) is 2.52. The smallest absolute Gasteiger partial charge is 0.125 e. The average Bonchev–Trinajstić information content (AvgIpc) is 2.89. The second-order valence-electron chi connectivity index (χ2n) is 5.06. The van der Waals surface area contributed by atoms with Crippen molar-refractivity contribution in [1.29, 1.82) is 0 Å². The van der Waals surface area contributed by atoms with Crippen molar-refractivity contribution in [1.82, 2.24) is 0 Å². The summed E-state index contributed by atoms with van der Waals surface area (Å²) in [6, 6.07) is 8.23. The van der Waals surface area contributed by atoms with Crippen molar-refractivity contribution in [3.05, 3.63) is 35.4 Å². The van der Waals surface area contributed by atoms with E-state index in [-0.39, 0.29) is 0 Å². The minimum Gasteiger partial charge on any atom is -0.507 e. The van der Waals surface area contributed by atoms with Gasteiger partial charge in [0.05, 0.1) is 0 Å². The van der Waals surface area contributed by atoms with Crippen molar-refractivity contribution >= 4 is 28.1 Å². The molecule has 3 heteroatoms. The van der Waals surface area contributed by atoms with Crippen LogP contribution in [0.5, 0.6) is 5.75 Å². The molecule has 102 valence electrons. The van der Waals surface area contributed by atoms with Crippen LogP contribution in [-0.2, 0) is 6.42 Å². The van der Waals surface area contributed by atoms with Crippen molar-refractivity contribution in [3.63, 3.8) is 0 Å². The lowest BCUT2D eigenvalue weighted by Crippen LogP contribution is -1.90. The van der Waals surface area contributed by atoms with Gasteiger partial charge in [-0.1, -0.05) is 32.0 Å². The topological polar surface area (TPSA) is 32.3 Å². The molecular formula is C16H20ClNO. The van der Waals surface area contributed by atoms with Crippen LogP contribution in [0.25, 0.3) is 10.8 Å². The Balaban J connectivity index is 0.000000637. The lowest BCUT2D eigenvalue weighted by atomic mass is 9.95. The molecule has 3 rings (SSSR count). The van der Waals surface area contributed by atoms with Crippen molar-refractivity contribution in [2.24, 2.45) is 0 Å². The first-order valence-electron chi connectivity index (χ1n) is 6.57. The highest BCUT2D eigenvalue weighted by molar-refractivity contribution is 6.15. The van der Waals surface area contributed by atoms with Crippen molar-refractivity contribution in [2.45, 2.75) is 26.2 Å². The Bertz CT molecular complexity index is 593. The molecule has 0 radical (unpaired) electrons. The van der Waals surface area contributed by atoms with Crippen LogP contribution in [0.15, 0.2) is 24.3 Å². The number of nitrogens with one attached hydrogen (secondary N) is 1. The maximum absolute atomic E-state index is 10.0. The molecule has 0 amide bonds. The van der Waals surface area contributed by atoms with E-state index in [0.29, 0.717) is 11.7 Å². The van der Waals surface area contributed by atoms with Crippen LogP contribution in [0.4, 0.5) is 5.69 Å². The molecule has 0 saturated carbocycles. The van der Waals surface area contributed by atoms with Crippen LogP contribution in [0.1, 0.15) is 30.9 Å². The van der Waals surface area contributed by atoms with Gasteiger partial charge in [-0.15, -0.1) is 11.6 Å². The Morgan fingerprint density at radius 1 is 1.16 bits per heavy atom. The van der Waals surface area contributed by atoms with Crippen LogP contribution in [-0.4, -0.2) is 18.0 Å². The van der Waals surface area contributed by atoms with E-state index in [9.17, 15) is 5.11 Å². The van der Waals surface area contributed by atoms with Gasteiger partial charge in [-0.05, 0) is 28.9 Å². The molecule has 0 unspecified atom stereocenters. The van der Waals surface area contributed by atoms with Gasteiger partial charge in [-0.3, -0.25) is 0 Å². The number of aromatic hydroxyl groups is 1. The lowest BCUT2D eigenvalue weighted by Gasteiger charge is -2.11. The van der Waals surface area contributed by atoms with E-state index in [2.05, 4.69) is 42.9 Å². The number of phenols is 1. The molecule has 0 spiro atoms. The maximum Gasteiger partial charge on any atom is 0.125 e. The zero-order valence-corrected chi connectivity index (χ0v) is 12.4. The van der Waals surface area contributed by atoms with Crippen LogP contribution < -0.4 is 5.32 Å². The predicted octanol–water partition coefficient (Wildman–Crippen LogP) is 4.49. The highest BCUT2D eigenvalue weighted by atomic mass is 35.5. The normalized spacial score (nSPS) is 12.9. The molecule has 2 nitrogen and oxygen atoms in total. The van der Waals surface area contributed by atoms with E-state index in [1.165, 1.54) is 22.9 Å². The van der Waals surface area contributed by atoms with Gasteiger partial charge in [-0.2, -0.15) is 0 Å².